The summed E-state index contributed by atoms with van der Waals surface area (Å²) in [6.07, 6.45) is 1.09. The van der Waals surface area contributed by atoms with E-state index < -0.39 is 0 Å². The number of nitrogens with zero attached hydrogens (tertiary/aromatic N) is 1. The van der Waals surface area contributed by atoms with E-state index in [1.807, 2.05) is 0 Å². The highest BCUT2D eigenvalue weighted by molar-refractivity contribution is 5.95. The lowest BCUT2D eigenvalue weighted by molar-refractivity contribution is 0.0946. The van der Waals surface area contributed by atoms with E-state index in [1.54, 1.807) is 32.4 Å². The van der Waals surface area contributed by atoms with E-state index in [2.05, 4.69) is 52.7 Å². The van der Waals surface area contributed by atoms with Gasteiger partial charge in [0.15, 0.2) is 0 Å². The molecule has 0 saturated carbocycles. The molecule has 1 saturated heterocycles. The number of amides is 1. The number of ether oxygens (including phenoxy) is 2. The molecule has 5 nitrogen and oxygen atoms in total. The summed E-state index contributed by atoms with van der Waals surface area (Å²) in [7, 11) is 3.16. The molecule has 30 heavy (non-hydrogen) atoms. The normalized spacial score (nSPS) is 16.5. The van der Waals surface area contributed by atoms with Crippen LogP contribution >= 0.6 is 0 Å². The van der Waals surface area contributed by atoms with Crippen molar-refractivity contribution in [3.8, 4) is 11.5 Å². The van der Waals surface area contributed by atoms with Crippen LogP contribution in [0.5, 0.6) is 11.5 Å². The largest absolute Gasteiger partial charge is 0.497 e. The zero-order chi connectivity index (χ0) is 20.9. The van der Waals surface area contributed by atoms with Crippen molar-refractivity contribution >= 4 is 16.7 Å². The number of likely N-dealkylation sites (tertiary alicyclic amines) is 1. The Kier molecular flexibility index (Phi) is 6.19. The fourth-order valence-electron chi connectivity index (χ4n) is 4.10. The Balaban J connectivity index is 1.31. The first-order valence-electron chi connectivity index (χ1n) is 10.4. The third-order valence-electron chi connectivity index (χ3n) is 5.75. The second-order valence-electron chi connectivity index (χ2n) is 7.88. The molecule has 0 aromatic heterocycles. The molecule has 0 spiro atoms. The summed E-state index contributed by atoms with van der Waals surface area (Å²) >= 11 is 0. The molecule has 0 unspecified atom stereocenters. The fraction of sp³-hybridized carbons (Fsp3) is 0.320. The number of hydrogen-bond acceptors (Lipinski definition) is 4. The molecule has 1 aliphatic heterocycles. The summed E-state index contributed by atoms with van der Waals surface area (Å²) in [6.45, 7) is 3.67. The first kappa shape index (κ1) is 20.2. The van der Waals surface area contributed by atoms with Crippen molar-refractivity contribution in [1.29, 1.82) is 0 Å². The molecule has 1 N–H and O–H groups in total. The van der Waals surface area contributed by atoms with Crippen LogP contribution in [0.4, 0.5) is 0 Å². The quantitative estimate of drug-likeness (QED) is 0.644. The Labute approximate surface area is 177 Å². The molecule has 3 aromatic rings. The summed E-state index contributed by atoms with van der Waals surface area (Å²) in [6, 6.07) is 20.4. The summed E-state index contributed by atoms with van der Waals surface area (Å²) in [5, 5.41) is 5.63. The topological polar surface area (TPSA) is 50.8 Å². The van der Waals surface area contributed by atoms with Crippen LogP contribution in [0.25, 0.3) is 10.8 Å². The smallest absolute Gasteiger partial charge is 0.251 e. The van der Waals surface area contributed by atoms with Gasteiger partial charge in [0.05, 0.1) is 14.2 Å². The highest BCUT2D eigenvalue weighted by atomic mass is 16.5. The molecule has 1 atom stereocenters. The minimum Gasteiger partial charge on any atom is -0.497 e. The predicted molar refractivity (Wildman–Crippen MR) is 119 cm³/mol. The lowest BCUT2D eigenvalue weighted by atomic mass is 10.1. The Hall–Kier alpha value is -3.05. The molecular weight excluding hydrogens is 376 g/mol. The van der Waals surface area contributed by atoms with Gasteiger partial charge in [-0.15, -0.1) is 0 Å². The Bertz CT molecular complexity index is 1010. The van der Waals surface area contributed by atoms with Gasteiger partial charge in [-0.3, -0.25) is 9.69 Å². The van der Waals surface area contributed by atoms with Crippen LogP contribution in [0, 0.1) is 5.92 Å². The van der Waals surface area contributed by atoms with Gasteiger partial charge in [-0.25, -0.2) is 0 Å². The van der Waals surface area contributed by atoms with Gasteiger partial charge in [0.25, 0.3) is 5.91 Å². The monoisotopic (exact) mass is 404 g/mol. The highest BCUT2D eigenvalue weighted by Gasteiger charge is 2.23. The van der Waals surface area contributed by atoms with Gasteiger partial charge in [0.2, 0.25) is 0 Å². The van der Waals surface area contributed by atoms with Crippen molar-refractivity contribution < 1.29 is 14.3 Å². The van der Waals surface area contributed by atoms with Gasteiger partial charge in [0, 0.05) is 31.3 Å². The van der Waals surface area contributed by atoms with Gasteiger partial charge in [-0.05, 0) is 53.4 Å². The molecule has 3 aromatic carbocycles. The Morgan fingerprint density at radius 1 is 1.00 bits per heavy atom. The average Bonchev–Trinajstić information content (AvgIpc) is 3.24. The van der Waals surface area contributed by atoms with Crippen LogP contribution in [0.15, 0.2) is 60.7 Å². The van der Waals surface area contributed by atoms with E-state index in [9.17, 15) is 4.79 Å². The standard InChI is InChI=1S/C25H28N2O3/c1-29-23-12-22(13-24(14-23)30-2)25(28)26-15-19-9-10-27(17-19)16-18-7-8-20-5-3-4-6-21(20)11-18/h3-8,11-14,19H,9-10,15-17H2,1-2H3,(H,26,28)/t19-/m1/s1. The predicted octanol–water partition coefficient (Wildman–Crippen LogP) is 4.11. The van der Waals surface area contributed by atoms with Crippen molar-refractivity contribution in [3.05, 3.63) is 71.8 Å². The number of carbonyl (C=O) groups is 1. The Morgan fingerprint density at radius 3 is 2.47 bits per heavy atom. The molecule has 1 amide bonds. The number of fused-ring (bicyclic) bond motifs is 1. The molecule has 0 aliphatic carbocycles. The van der Waals surface area contributed by atoms with Crippen molar-refractivity contribution in [2.45, 2.75) is 13.0 Å². The summed E-state index contributed by atoms with van der Waals surface area (Å²) in [4.78, 5) is 15.1. The Morgan fingerprint density at radius 2 is 1.73 bits per heavy atom. The maximum absolute atomic E-state index is 12.6. The summed E-state index contributed by atoms with van der Waals surface area (Å²) in [5.41, 5.74) is 1.89. The van der Waals surface area contributed by atoms with E-state index >= 15 is 0 Å². The third-order valence-corrected chi connectivity index (χ3v) is 5.75. The van der Waals surface area contributed by atoms with Crippen LogP contribution in [0.2, 0.25) is 0 Å². The zero-order valence-electron chi connectivity index (χ0n) is 17.6. The number of nitrogens with one attached hydrogen (secondary N) is 1. The molecule has 4 rings (SSSR count). The van der Waals surface area contributed by atoms with Crippen LogP contribution < -0.4 is 14.8 Å². The second-order valence-corrected chi connectivity index (χ2v) is 7.88. The number of benzene rings is 3. The molecular formula is C25H28N2O3. The lowest BCUT2D eigenvalue weighted by Gasteiger charge is -2.17. The fourth-order valence-corrected chi connectivity index (χ4v) is 4.10. The minimum absolute atomic E-state index is 0.0971. The highest BCUT2D eigenvalue weighted by Crippen LogP contribution is 2.23. The molecule has 0 radical (unpaired) electrons. The van der Waals surface area contributed by atoms with Crippen molar-refractivity contribution in [3.63, 3.8) is 0 Å². The number of methoxy groups -OCH3 is 2. The first-order valence-corrected chi connectivity index (χ1v) is 10.4. The molecule has 1 heterocycles. The lowest BCUT2D eigenvalue weighted by Crippen LogP contribution is -2.31. The molecule has 1 aliphatic rings. The van der Waals surface area contributed by atoms with Crippen LogP contribution in [0.1, 0.15) is 22.3 Å². The SMILES string of the molecule is COc1cc(OC)cc(C(=O)NC[C@H]2CCN(Cc3ccc4ccccc4c3)C2)c1. The van der Waals surface area contributed by atoms with Gasteiger partial charge in [-0.1, -0.05) is 36.4 Å². The zero-order valence-corrected chi connectivity index (χ0v) is 17.6. The third kappa shape index (κ3) is 4.74. The van der Waals surface area contributed by atoms with E-state index in [-0.39, 0.29) is 5.91 Å². The minimum atomic E-state index is -0.0971. The second kappa shape index (κ2) is 9.18. The van der Waals surface area contributed by atoms with Gasteiger partial charge >= 0.3 is 0 Å². The van der Waals surface area contributed by atoms with Crippen LogP contribution in [-0.2, 0) is 6.54 Å². The van der Waals surface area contributed by atoms with Gasteiger partial charge < -0.3 is 14.8 Å². The van der Waals surface area contributed by atoms with E-state index in [0.717, 1.165) is 26.1 Å². The maximum Gasteiger partial charge on any atom is 0.251 e. The van der Waals surface area contributed by atoms with Crippen LogP contribution in [0.3, 0.4) is 0 Å². The molecule has 0 bridgehead atoms. The number of carbonyl (C=O) groups excluding carboxylic acids is 1. The van der Waals surface area contributed by atoms with Crippen LogP contribution in [-0.4, -0.2) is 44.7 Å². The van der Waals surface area contributed by atoms with E-state index in [4.69, 9.17) is 9.47 Å². The first-order chi connectivity index (χ1) is 14.6. The van der Waals surface area contributed by atoms with Crippen molar-refractivity contribution in [1.82, 2.24) is 10.2 Å². The molecule has 1 fully saturated rings. The molecule has 5 heteroatoms. The molecule has 156 valence electrons. The summed E-state index contributed by atoms with van der Waals surface area (Å²) in [5.74, 6) is 1.59. The summed E-state index contributed by atoms with van der Waals surface area (Å²) < 4.78 is 10.5. The average molecular weight is 405 g/mol. The van der Waals surface area contributed by atoms with Crippen molar-refractivity contribution in [2.75, 3.05) is 33.9 Å². The number of hydrogen-bond donors (Lipinski definition) is 1. The van der Waals surface area contributed by atoms with E-state index in [0.29, 0.717) is 29.5 Å². The number of rotatable bonds is 7. The van der Waals surface area contributed by atoms with E-state index in [1.165, 1.54) is 16.3 Å². The van der Waals surface area contributed by atoms with Gasteiger partial charge in [-0.2, -0.15) is 0 Å². The van der Waals surface area contributed by atoms with Crippen molar-refractivity contribution in [2.24, 2.45) is 5.92 Å². The van der Waals surface area contributed by atoms with Gasteiger partial charge in [0.1, 0.15) is 11.5 Å². The maximum atomic E-state index is 12.6.